The van der Waals surface area contributed by atoms with Crippen molar-refractivity contribution in [3.05, 3.63) is 70.0 Å². The Kier molecular flexibility index (Phi) is 5.67. The molecule has 4 heterocycles. The lowest BCUT2D eigenvalue weighted by Crippen LogP contribution is -2.26. The van der Waals surface area contributed by atoms with E-state index in [1.54, 1.807) is 0 Å². The monoisotopic (exact) mass is 538 g/mol. The van der Waals surface area contributed by atoms with Crippen molar-refractivity contribution in [3.63, 3.8) is 0 Å². The summed E-state index contributed by atoms with van der Waals surface area (Å²) in [5.74, 6) is -0.327. The molecule has 3 N–H and O–H groups in total. The van der Waals surface area contributed by atoms with Gasteiger partial charge in [-0.05, 0) is 49.6 Å². The first-order chi connectivity index (χ1) is 16.0. The summed E-state index contributed by atoms with van der Waals surface area (Å²) in [6, 6.07) is 14.1. The van der Waals surface area contributed by atoms with Crippen molar-refractivity contribution in [2.45, 2.75) is 19.4 Å². The number of para-hydroxylation sites is 1. The van der Waals surface area contributed by atoms with Crippen LogP contribution in [0.2, 0.25) is 0 Å². The summed E-state index contributed by atoms with van der Waals surface area (Å²) in [6.07, 6.45) is 3.74. The Bertz CT molecular complexity index is 1530. The largest absolute Gasteiger partial charge is 0.350 e. The van der Waals surface area contributed by atoms with Crippen LogP contribution < -0.4 is 11.1 Å². The van der Waals surface area contributed by atoms with Gasteiger partial charge in [0.2, 0.25) is 0 Å². The fourth-order valence-electron chi connectivity index (χ4n) is 5.51. The quantitative estimate of drug-likeness (QED) is 0.379. The van der Waals surface area contributed by atoms with E-state index >= 15 is 0 Å². The number of hydrogen-bond donors (Lipinski definition) is 2. The SMILES string of the molecule is Cl.Cn1cc(C2=C(c3c4n(c5ccccc35)CCC(CN)C4)C(=O)NC2=O)c2cc(Br)ccc21. The number of carbonyl (C=O) groups excluding carboxylic acids is 2. The highest BCUT2D eigenvalue weighted by Gasteiger charge is 2.38. The number of benzene rings is 2. The number of nitrogens with one attached hydrogen (secondary N) is 1. The Morgan fingerprint density at radius 2 is 1.82 bits per heavy atom. The molecule has 0 fully saturated rings. The number of carbonyl (C=O) groups is 2. The minimum atomic E-state index is -0.349. The topological polar surface area (TPSA) is 82.0 Å². The average molecular weight is 540 g/mol. The van der Waals surface area contributed by atoms with E-state index in [1.165, 1.54) is 0 Å². The lowest BCUT2D eigenvalue weighted by Gasteiger charge is -2.24. The van der Waals surface area contributed by atoms with Gasteiger partial charge in [-0.1, -0.05) is 34.1 Å². The molecule has 0 spiro atoms. The molecule has 8 heteroatoms. The van der Waals surface area contributed by atoms with E-state index in [0.717, 1.165) is 62.5 Å². The molecular formula is C26H24BrClN4O2. The summed E-state index contributed by atoms with van der Waals surface area (Å²) in [7, 11) is 1.95. The molecule has 2 amide bonds. The minimum Gasteiger partial charge on any atom is -0.350 e. The molecule has 2 aromatic carbocycles. The summed E-state index contributed by atoms with van der Waals surface area (Å²) in [5, 5.41) is 4.52. The first kappa shape index (κ1) is 22.9. The van der Waals surface area contributed by atoms with Crippen LogP contribution in [0.15, 0.2) is 53.1 Å². The van der Waals surface area contributed by atoms with Crippen molar-refractivity contribution in [3.8, 4) is 0 Å². The van der Waals surface area contributed by atoms with Gasteiger partial charge >= 0.3 is 0 Å². The van der Waals surface area contributed by atoms with Gasteiger partial charge in [0.05, 0.1) is 11.1 Å². The Hall–Kier alpha value is -2.87. The minimum absolute atomic E-state index is 0. The molecule has 1 atom stereocenters. The second-order valence-electron chi connectivity index (χ2n) is 8.93. The number of halogens is 2. The zero-order valence-electron chi connectivity index (χ0n) is 18.6. The number of nitrogens with two attached hydrogens (primary N) is 1. The molecule has 174 valence electrons. The van der Waals surface area contributed by atoms with Crippen LogP contribution in [0.1, 0.15) is 23.2 Å². The molecule has 0 bridgehead atoms. The van der Waals surface area contributed by atoms with E-state index in [2.05, 4.69) is 31.9 Å². The third-order valence-corrected chi connectivity index (χ3v) is 7.55. The van der Waals surface area contributed by atoms with Crippen LogP contribution in [0.25, 0.3) is 33.0 Å². The lowest BCUT2D eigenvalue weighted by molar-refractivity contribution is -0.122. The third-order valence-electron chi connectivity index (χ3n) is 7.06. The van der Waals surface area contributed by atoms with Crippen LogP contribution in [0.4, 0.5) is 0 Å². The summed E-state index contributed by atoms with van der Waals surface area (Å²) in [4.78, 5) is 26.5. The first-order valence-electron chi connectivity index (χ1n) is 11.1. The maximum Gasteiger partial charge on any atom is 0.259 e. The van der Waals surface area contributed by atoms with Gasteiger partial charge in [-0.3, -0.25) is 14.9 Å². The molecule has 6 nitrogen and oxygen atoms in total. The highest BCUT2D eigenvalue weighted by Crippen LogP contribution is 2.43. The number of hydrogen-bond acceptors (Lipinski definition) is 3. The van der Waals surface area contributed by atoms with Crippen molar-refractivity contribution in [2.75, 3.05) is 6.54 Å². The second-order valence-corrected chi connectivity index (χ2v) is 9.85. The van der Waals surface area contributed by atoms with Gasteiger partial charge < -0.3 is 14.9 Å². The van der Waals surface area contributed by atoms with Crippen molar-refractivity contribution >= 4 is 73.1 Å². The smallest absolute Gasteiger partial charge is 0.259 e. The normalized spacial score (nSPS) is 17.9. The van der Waals surface area contributed by atoms with Gasteiger partial charge in [0.25, 0.3) is 11.8 Å². The molecule has 0 saturated heterocycles. The number of amides is 2. The van der Waals surface area contributed by atoms with E-state index < -0.39 is 0 Å². The van der Waals surface area contributed by atoms with Crippen LogP contribution in [0.5, 0.6) is 0 Å². The molecule has 2 aromatic heterocycles. The Labute approximate surface area is 211 Å². The van der Waals surface area contributed by atoms with Crippen LogP contribution in [0, 0.1) is 5.92 Å². The van der Waals surface area contributed by atoms with E-state index in [4.69, 9.17) is 5.73 Å². The maximum absolute atomic E-state index is 13.3. The maximum atomic E-state index is 13.3. The van der Waals surface area contributed by atoms with Gasteiger partial charge in [-0.15, -0.1) is 12.4 Å². The molecule has 6 rings (SSSR count). The van der Waals surface area contributed by atoms with Crippen LogP contribution in [-0.4, -0.2) is 27.5 Å². The number of aromatic nitrogens is 2. The summed E-state index contributed by atoms with van der Waals surface area (Å²) in [6.45, 7) is 1.46. The zero-order valence-corrected chi connectivity index (χ0v) is 21.0. The van der Waals surface area contributed by atoms with Crippen LogP contribution >= 0.6 is 28.3 Å². The predicted octanol–water partition coefficient (Wildman–Crippen LogP) is 4.41. The van der Waals surface area contributed by atoms with E-state index in [0.29, 0.717) is 23.6 Å². The van der Waals surface area contributed by atoms with E-state index in [1.807, 2.05) is 54.2 Å². The Balaban J connectivity index is 0.00000241. The molecule has 0 aliphatic carbocycles. The summed E-state index contributed by atoms with van der Waals surface area (Å²) < 4.78 is 5.22. The number of fused-ring (bicyclic) bond motifs is 4. The van der Waals surface area contributed by atoms with Gasteiger partial charge in [-0.2, -0.15) is 0 Å². The van der Waals surface area contributed by atoms with E-state index in [-0.39, 0.29) is 24.2 Å². The highest BCUT2D eigenvalue weighted by molar-refractivity contribution is 9.10. The summed E-state index contributed by atoms with van der Waals surface area (Å²) >= 11 is 3.55. The van der Waals surface area contributed by atoms with Crippen LogP contribution in [0.3, 0.4) is 0 Å². The standard InChI is InChI=1S/C26H23BrN4O2.ClH/c1-30-13-18(17-11-15(27)6-7-19(17)30)23-24(26(33)29-25(23)32)22-16-4-2-3-5-20(16)31-9-8-14(12-28)10-21(22)31;/h2-7,11,13-14H,8-10,12,28H2,1H3,(H,29,32,33);1H. The number of rotatable bonds is 3. The average Bonchev–Trinajstić information content (AvgIpc) is 3.41. The molecule has 0 saturated carbocycles. The summed E-state index contributed by atoms with van der Waals surface area (Å²) in [5.41, 5.74) is 11.8. The molecule has 1 unspecified atom stereocenters. The first-order valence-corrected chi connectivity index (χ1v) is 11.9. The fraction of sp³-hybridized carbons (Fsp3) is 0.231. The van der Waals surface area contributed by atoms with Crippen LogP contribution in [-0.2, 0) is 29.6 Å². The van der Waals surface area contributed by atoms with Gasteiger partial charge in [0.15, 0.2) is 0 Å². The third kappa shape index (κ3) is 3.26. The molecule has 4 aromatic rings. The molecule has 34 heavy (non-hydrogen) atoms. The Morgan fingerprint density at radius 3 is 2.62 bits per heavy atom. The molecular weight excluding hydrogens is 516 g/mol. The zero-order chi connectivity index (χ0) is 22.9. The second kappa shape index (κ2) is 8.41. The van der Waals surface area contributed by atoms with Crippen molar-refractivity contribution in [1.82, 2.24) is 14.5 Å². The predicted molar refractivity (Wildman–Crippen MR) is 141 cm³/mol. The van der Waals surface area contributed by atoms with Crippen molar-refractivity contribution in [2.24, 2.45) is 18.7 Å². The number of imide groups is 1. The van der Waals surface area contributed by atoms with Crippen molar-refractivity contribution in [1.29, 1.82) is 0 Å². The molecule has 2 aliphatic heterocycles. The lowest BCUT2D eigenvalue weighted by atomic mass is 9.89. The highest BCUT2D eigenvalue weighted by atomic mass is 79.9. The van der Waals surface area contributed by atoms with Gasteiger partial charge in [-0.25, -0.2) is 0 Å². The van der Waals surface area contributed by atoms with Gasteiger partial charge in [0, 0.05) is 62.9 Å². The number of nitrogens with zero attached hydrogens (tertiary/aromatic N) is 2. The van der Waals surface area contributed by atoms with Crippen molar-refractivity contribution < 1.29 is 9.59 Å². The fourth-order valence-corrected chi connectivity index (χ4v) is 5.87. The van der Waals surface area contributed by atoms with E-state index in [9.17, 15) is 9.59 Å². The van der Waals surface area contributed by atoms with Gasteiger partial charge in [0.1, 0.15) is 0 Å². The Morgan fingerprint density at radius 1 is 1.06 bits per heavy atom. The molecule has 0 radical (unpaired) electrons. The number of aryl methyl sites for hydroxylation is 2. The molecule has 2 aliphatic rings.